The largest absolute Gasteiger partial charge is 0.511 e. The van der Waals surface area contributed by atoms with Gasteiger partial charge in [0, 0.05) is 19.1 Å². The Morgan fingerprint density at radius 3 is 2.52 bits per heavy atom. The third-order valence-electron chi connectivity index (χ3n) is 5.07. The first-order valence-electron chi connectivity index (χ1n) is 8.28. The van der Waals surface area contributed by atoms with Gasteiger partial charge in [-0.3, -0.25) is 9.79 Å². The number of aryl methyl sites for hydroxylation is 1. The number of aliphatic hydroxyl groups excluding tert-OH is 1. The average Bonchev–Trinajstić information content (AvgIpc) is 2.49. The van der Waals surface area contributed by atoms with Gasteiger partial charge < -0.3 is 10.2 Å². The van der Waals surface area contributed by atoms with E-state index in [0.717, 1.165) is 31.2 Å². The number of carbonyl (C=O) groups is 1. The molecule has 2 aliphatic carbocycles. The molecule has 4 nitrogen and oxygen atoms in total. The number of ketones is 1. The molecule has 122 valence electrons. The van der Waals surface area contributed by atoms with Gasteiger partial charge in [0.2, 0.25) is 0 Å². The standard InChI is InChI=1S/C19H23NO3/c1-13-5-6-15(16(21)9-13)20-12-14-17(22)10-19(11-18(14)23)7-3-2-4-8-19/h5-6,9,12,21-22H,2-4,7-8,10-11H2,1H3. The Morgan fingerprint density at radius 1 is 1.13 bits per heavy atom. The summed E-state index contributed by atoms with van der Waals surface area (Å²) >= 11 is 0. The molecule has 23 heavy (non-hydrogen) atoms. The van der Waals surface area contributed by atoms with Crippen LogP contribution >= 0.6 is 0 Å². The van der Waals surface area contributed by atoms with E-state index in [2.05, 4.69) is 4.99 Å². The van der Waals surface area contributed by atoms with Gasteiger partial charge >= 0.3 is 0 Å². The lowest BCUT2D eigenvalue weighted by atomic mass is 9.65. The van der Waals surface area contributed by atoms with E-state index in [1.54, 1.807) is 12.1 Å². The molecule has 0 saturated heterocycles. The van der Waals surface area contributed by atoms with Crippen LogP contribution in [0.2, 0.25) is 0 Å². The van der Waals surface area contributed by atoms with Crippen LogP contribution in [-0.2, 0) is 4.79 Å². The Labute approximate surface area is 136 Å². The summed E-state index contributed by atoms with van der Waals surface area (Å²) in [4.78, 5) is 16.7. The molecule has 1 fully saturated rings. The molecular formula is C19H23NO3. The number of aliphatic hydroxyl groups is 1. The van der Waals surface area contributed by atoms with Gasteiger partial charge in [-0.2, -0.15) is 0 Å². The zero-order valence-corrected chi connectivity index (χ0v) is 13.5. The summed E-state index contributed by atoms with van der Waals surface area (Å²) in [5.41, 5.74) is 1.60. The first kappa shape index (κ1) is 15.8. The van der Waals surface area contributed by atoms with E-state index >= 15 is 0 Å². The quantitative estimate of drug-likeness (QED) is 0.788. The number of phenols is 1. The first-order chi connectivity index (χ1) is 11.0. The monoisotopic (exact) mass is 313 g/mol. The van der Waals surface area contributed by atoms with E-state index in [9.17, 15) is 15.0 Å². The van der Waals surface area contributed by atoms with Crippen molar-refractivity contribution in [2.45, 2.75) is 51.9 Å². The molecule has 0 atom stereocenters. The minimum atomic E-state index is -0.0389. The Bertz CT molecular complexity index is 682. The van der Waals surface area contributed by atoms with Crippen LogP contribution in [0.5, 0.6) is 5.75 Å². The van der Waals surface area contributed by atoms with E-state index in [1.165, 1.54) is 12.6 Å². The van der Waals surface area contributed by atoms with Crippen LogP contribution in [0.4, 0.5) is 5.69 Å². The maximum absolute atomic E-state index is 12.5. The maximum atomic E-state index is 12.5. The molecule has 3 rings (SSSR count). The molecule has 0 heterocycles. The fourth-order valence-electron chi connectivity index (χ4n) is 3.79. The van der Waals surface area contributed by atoms with Crippen molar-refractivity contribution in [1.29, 1.82) is 0 Å². The van der Waals surface area contributed by atoms with Crippen LogP contribution in [0, 0.1) is 12.3 Å². The van der Waals surface area contributed by atoms with Crippen molar-refractivity contribution in [2.75, 3.05) is 0 Å². The lowest BCUT2D eigenvalue weighted by Crippen LogP contribution is -2.33. The minimum Gasteiger partial charge on any atom is -0.511 e. The Balaban J connectivity index is 1.83. The molecule has 0 bridgehead atoms. The smallest absolute Gasteiger partial charge is 0.168 e. The summed E-state index contributed by atoms with van der Waals surface area (Å²) in [7, 11) is 0. The second kappa shape index (κ2) is 6.19. The molecular weight excluding hydrogens is 290 g/mol. The summed E-state index contributed by atoms with van der Waals surface area (Å²) in [5.74, 6) is 0.192. The molecule has 4 heteroatoms. The molecule has 0 unspecified atom stereocenters. The highest BCUT2D eigenvalue weighted by molar-refractivity contribution is 6.15. The summed E-state index contributed by atoms with van der Waals surface area (Å²) in [6.07, 6.45) is 8.01. The van der Waals surface area contributed by atoms with Gasteiger partial charge in [-0.05, 0) is 42.9 Å². The van der Waals surface area contributed by atoms with E-state index in [4.69, 9.17) is 0 Å². The Morgan fingerprint density at radius 2 is 1.87 bits per heavy atom. The van der Waals surface area contributed by atoms with Crippen molar-refractivity contribution >= 4 is 17.7 Å². The van der Waals surface area contributed by atoms with Crippen molar-refractivity contribution in [1.82, 2.24) is 0 Å². The summed E-state index contributed by atoms with van der Waals surface area (Å²) < 4.78 is 0. The molecule has 2 aliphatic rings. The van der Waals surface area contributed by atoms with Gasteiger partial charge in [0.05, 0.1) is 5.57 Å². The van der Waals surface area contributed by atoms with Crippen molar-refractivity contribution in [3.63, 3.8) is 0 Å². The molecule has 0 radical (unpaired) electrons. The van der Waals surface area contributed by atoms with E-state index in [0.29, 0.717) is 24.1 Å². The number of allylic oxidation sites excluding steroid dienone is 2. The van der Waals surface area contributed by atoms with E-state index in [1.807, 2.05) is 13.0 Å². The maximum Gasteiger partial charge on any atom is 0.168 e. The van der Waals surface area contributed by atoms with Crippen molar-refractivity contribution < 1.29 is 15.0 Å². The number of Topliss-reactive ketones (excluding diaryl/α,β-unsaturated/α-hetero) is 1. The molecule has 1 aromatic rings. The lowest BCUT2D eigenvalue weighted by Gasteiger charge is -2.39. The minimum absolute atomic E-state index is 0.0361. The van der Waals surface area contributed by atoms with Crippen LogP contribution < -0.4 is 0 Å². The van der Waals surface area contributed by atoms with Crippen LogP contribution in [-0.4, -0.2) is 22.2 Å². The van der Waals surface area contributed by atoms with Gasteiger partial charge in [0.15, 0.2) is 5.78 Å². The van der Waals surface area contributed by atoms with Crippen molar-refractivity contribution in [3.05, 3.63) is 35.1 Å². The molecule has 1 aromatic carbocycles. The number of phenolic OH excluding ortho intramolecular Hbond substituents is 1. The number of aliphatic imine (C=N–C) groups is 1. The predicted molar refractivity (Wildman–Crippen MR) is 90.4 cm³/mol. The second-order valence-corrected chi connectivity index (χ2v) is 6.95. The summed E-state index contributed by atoms with van der Waals surface area (Å²) in [6.45, 7) is 1.88. The normalized spacial score (nSPS) is 21.3. The number of nitrogens with zero attached hydrogens (tertiary/aromatic N) is 1. The molecule has 1 saturated carbocycles. The van der Waals surface area contributed by atoms with Crippen molar-refractivity contribution in [2.24, 2.45) is 10.4 Å². The lowest BCUT2D eigenvalue weighted by molar-refractivity contribution is -0.119. The van der Waals surface area contributed by atoms with Crippen LogP contribution in [0.1, 0.15) is 50.5 Å². The SMILES string of the molecule is Cc1ccc(N=CC2=C(O)CC3(CCCCC3)CC2=O)c(O)c1. The molecule has 0 amide bonds. The third kappa shape index (κ3) is 3.31. The number of hydrogen-bond donors (Lipinski definition) is 2. The fraction of sp³-hybridized carbons (Fsp3) is 0.474. The Hall–Kier alpha value is -2.10. The zero-order valence-electron chi connectivity index (χ0n) is 13.5. The van der Waals surface area contributed by atoms with Crippen LogP contribution in [0.3, 0.4) is 0 Å². The number of aromatic hydroxyl groups is 1. The molecule has 0 aromatic heterocycles. The highest BCUT2D eigenvalue weighted by Gasteiger charge is 2.40. The summed E-state index contributed by atoms with van der Waals surface area (Å²) in [6, 6.07) is 5.18. The van der Waals surface area contributed by atoms with E-state index in [-0.39, 0.29) is 22.7 Å². The Kier molecular flexibility index (Phi) is 4.24. The van der Waals surface area contributed by atoms with Crippen LogP contribution in [0.25, 0.3) is 0 Å². The topological polar surface area (TPSA) is 69.9 Å². The average molecular weight is 313 g/mol. The second-order valence-electron chi connectivity index (χ2n) is 6.95. The van der Waals surface area contributed by atoms with E-state index < -0.39 is 0 Å². The molecule has 1 spiro atoms. The van der Waals surface area contributed by atoms with Crippen molar-refractivity contribution in [3.8, 4) is 5.75 Å². The predicted octanol–water partition coefficient (Wildman–Crippen LogP) is 4.53. The van der Waals surface area contributed by atoms with Crippen LogP contribution in [0.15, 0.2) is 34.5 Å². The highest BCUT2D eigenvalue weighted by Crippen LogP contribution is 2.47. The van der Waals surface area contributed by atoms with Gasteiger partial charge in [-0.25, -0.2) is 0 Å². The number of carbonyl (C=O) groups excluding carboxylic acids is 1. The van der Waals surface area contributed by atoms with Gasteiger partial charge in [-0.1, -0.05) is 25.3 Å². The summed E-state index contributed by atoms with van der Waals surface area (Å²) in [5, 5.41) is 20.2. The molecule has 2 N–H and O–H groups in total. The fourth-order valence-corrected chi connectivity index (χ4v) is 3.79. The van der Waals surface area contributed by atoms with Gasteiger partial charge in [0.25, 0.3) is 0 Å². The van der Waals surface area contributed by atoms with Gasteiger partial charge in [0.1, 0.15) is 17.2 Å². The highest BCUT2D eigenvalue weighted by atomic mass is 16.3. The number of benzene rings is 1. The number of rotatable bonds is 2. The first-order valence-corrected chi connectivity index (χ1v) is 8.28. The van der Waals surface area contributed by atoms with Gasteiger partial charge in [-0.15, -0.1) is 0 Å². The third-order valence-corrected chi connectivity index (χ3v) is 5.07. The molecule has 0 aliphatic heterocycles. The zero-order chi connectivity index (χ0) is 16.4. The number of hydrogen-bond acceptors (Lipinski definition) is 4.